The van der Waals surface area contributed by atoms with Crippen LogP contribution in [0, 0.1) is 0 Å². The third-order valence-corrected chi connectivity index (χ3v) is 4.88. The van der Waals surface area contributed by atoms with Crippen LogP contribution in [0.15, 0.2) is 51.5 Å². The minimum absolute atomic E-state index is 0.0470. The van der Waals surface area contributed by atoms with Crippen LogP contribution in [-0.2, 0) is 4.79 Å². The van der Waals surface area contributed by atoms with E-state index < -0.39 is 0 Å². The second kappa shape index (κ2) is 7.65. The van der Waals surface area contributed by atoms with E-state index in [2.05, 4.69) is 10.3 Å². The van der Waals surface area contributed by atoms with Crippen molar-refractivity contribution in [2.24, 2.45) is 0 Å². The van der Waals surface area contributed by atoms with Crippen LogP contribution in [0.1, 0.15) is 41.6 Å². The van der Waals surface area contributed by atoms with Crippen molar-refractivity contribution in [3.05, 3.63) is 54.3 Å². The molecular formula is C20H21N3O4. The molecule has 0 saturated carbocycles. The molecule has 1 fully saturated rings. The Hall–Kier alpha value is -3.09. The molecule has 0 spiro atoms. The summed E-state index contributed by atoms with van der Waals surface area (Å²) in [6.07, 6.45) is 3.38. The number of rotatable bonds is 5. The van der Waals surface area contributed by atoms with Crippen molar-refractivity contribution in [3.8, 4) is 0 Å². The largest absolute Gasteiger partial charge is 0.459 e. The number of hydrogen-bond acceptors (Lipinski definition) is 5. The molecule has 1 aliphatic heterocycles. The molecule has 0 atom stereocenters. The van der Waals surface area contributed by atoms with E-state index in [0.717, 1.165) is 29.8 Å². The zero-order valence-corrected chi connectivity index (χ0v) is 14.9. The SMILES string of the molecule is O=C(NCCC(=O)N1CCC(c2nc3ccccc3o2)CC1)c1ccco1. The zero-order chi connectivity index (χ0) is 18.6. The van der Waals surface area contributed by atoms with Gasteiger partial charge in [0.25, 0.3) is 5.91 Å². The Morgan fingerprint density at radius 2 is 1.96 bits per heavy atom. The zero-order valence-electron chi connectivity index (χ0n) is 14.9. The van der Waals surface area contributed by atoms with Crippen LogP contribution in [0.4, 0.5) is 0 Å². The molecular weight excluding hydrogens is 346 g/mol. The minimum Gasteiger partial charge on any atom is -0.459 e. The van der Waals surface area contributed by atoms with Crippen molar-refractivity contribution in [3.63, 3.8) is 0 Å². The third-order valence-electron chi connectivity index (χ3n) is 4.88. The van der Waals surface area contributed by atoms with Crippen molar-refractivity contribution in [1.82, 2.24) is 15.2 Å². The maximum absolute atomic E-state index is 12.4. The smallest absolute Gasteiger partial charge is 0.286 e. The van der Waals surface area contributed by atoms with Crippen LogP contribution in [0.25, 0.3) is 11.1 Å². The lowest BCUT2D eigenvalue weighted by molar-refractivity contribution is -0.132. The van der Waals surface area contributed by atoms with Crippen LogP contribution in [0.5, 0.6) is 0 Å². The molecule has 0 aliphatic carbocycles. The van der Waals surface area contributed by atoms with Crippen molar-refractivity contribution >= 4 is 22.9 Å². The number of carbonyl (C=O) groups is 2. The Balaban J connectivity index is 1.25. The Labute approximate surface area is 156 Å². The van der Waals surface area contributed by atoms with Gasteiger partial charge in [0, 0.05) is 32.0 Å². The van der Waals surface area contributed by atoms with Crippen LogP contribution in [-0.4, -0.2) is 41.3 Å². The van der Waals surface area contributed by atoms with Crippen LogP contribution < -0.4 is 5.32 Å². The Bertz CT molecular complexity index is 891. The molecule has 3 heterocycles. The number of aromatic nitrogens is 1. The molecule has 0 bridgehead atoms. The lowest BCUT2D eigenvalue weighted by Gasteiger charge is -2.30. The number of nitrogens with one attached hydrogen (secondary N) is 1. The summed E-state index contributed by atoms with van der Waals surface area (Å²) >= 11 is 0. The third kappa shape index (κ3) is 3.86. The number of fused-ring (bicyclic) bond motifs is 1. The van der Waals surface area contributed by atoms with E-state index in [1.807, 2.05) is 29.2 Å². The number of likely N-dealkylation sites (tertiary alicyclic amines) is 1. The summed E-state index contributed by atoms with van der Waals surface area (Å²) in [5.41, 5.74) is 1.68. The van der Waals surface area contributed by atoms with Crippen molar-refractivity contribution < 1.29 is 18.4 Å². The quantitative estimate of drug-likeness (QED) is 0.749. The standard InChI is InChI=1S/C20H21N3O4/c24-18(7-10-21-19(25)17-6-3-13-26-17)23-11-8-14(9-12-23)20-22-15-4-1-2-5-16(15)27-20/h1-6,13-14H,7-12H2,(H,21,25). The second-order valence-corrected chi connectivity index (χ2v) is 6.66. The van der Waals surface area contributed by atoms with E-state index in [0.29, 0.717) is 19.6 Å². The van der Waals surface area contributed by atoms with E-state index in [4.69, 9.17) is 8.83 Å². The number of piperidine rings is 1. The summed E-state index contributed by atoms with van der Waals surface area (Å²) in [7, 11) is 0. The van der Waals surface area contributed by atoms with Gasteiger partial charge >= 0.3 is 0 Å². The van der Waals surface area contributed by atoms with Gasteiger partial charge in [0.15, 0.2) is 17.2 Å². The molecule has 2 amide bonds. The predicted octanol–water partition coefficient (Wildman–Crippen LogP) is 2.95. The summed E-state index contributed by atoms with van der Waals surface area (Å²) < 4.78 is 10.9. The Morgan fingerprint density at radius 3 is 2.70 bits per heavy atom. The van der Waals surface area contributed by atoms with E-state index in [-0.39, 0.29) is 29.9 Å². The highest BCUT2D eigenvalue weighted by Crippen LogP contribution is 2.30. The number of hydrogen-bond donors (Lipinski definition) is 1. The highest BCUT2D eigenvalue weighted by atomic mass is 16.3. The van der Waals surface area contributed by atoms with Gasteiger partial charge in [-0.3, -0.25) is 9.59 Å². The molecule has 7 nitrogen and oxygen atoms in total. The van der Waals surface area contributed by atoms with Gasteiger partial charge in [-0.25, -0.2) is 4.98 Å². The van der Waals surface area contributed by atoms with Crippen molar-refractivity contribution in [2.45, 2.75) is 25.2 Å². The predicted molar refractivity (Wildman–Crippen MR) is 98.2 cm³/mol. The first-order chi connectivity index (χ1) is 13.2. The van der Waals surface area contributed by atoms with Gasteiger partial charge in [0.1, 0.15) is 5.52 Å². The van der Waals surface area contributed by atoms with Crippen LogP contribution in [0.2, 0.25) is 0 Å². The molecule has 1 saturated heterocycles. The fraction of sp³-hybridized carbons (Fsp3) is 0.350. The average Bonchev–Trinajstić information content (AvgIpc) is 3.37. The first-order valence-electron chi connectivity index (χ1n) is 9.15. The Kier molecular flexibility index (Phi) is 4.91. The first kappa shape index (κ1) is 17.3. The van der Waals surface area contributed by atoms with Crippen molar-refractivity contribution in [2.75, 3.05) is 19.6 Å². The number of carbonyl (C=O) groups excluding carboxylic acids is 2. The van der Waals surface area contributed by atoms with Gasteiger partial charge in [0.2, 0.25) is 5.91 Å². The van der Waals surface area contributed by atoms with Gasteiger partial charge in [-0.1, -0.05) is 12.1 Å². The van der Waals surface area contributed by atoms with Gasteiger partial charge in [-0.05, 0) is 37.1 Å². The summed E-state index contributed by atoms with van der Waals surface area (Å²) in [5.74, 6) is 0.990. The maximum atomic E-state index is 12.4. The monoisotopic (exact) mass is 367 g/mol. The maximum Gasteiger partial charge on any atom is 0.286 e. The number of oxazole rings is 1. The number of furan rings is 1. The summed E-state index contributed by atoms with van der Waals surface area (Å²) in [6.45, 7) is 1.64. The molecule has 2 aromatic heterocycles. The molecule has 0 unspecified atom stereocenters. The molecule has 1 aromatic carbocycles. The second-order valence-electron chi connectivity index (χ2n) is 6.66. The number of para-hydroxylation sites is 2. The number of amides is 2. The van der Waals surface area contributed by atoms with E-state index in [9.17, 15) is 9.59 Å². The molecule has 1 N–H and O–H groups in total. The number of benzene rings is 1. The summed E-state index contributed by atoms with van der Waals surface area (Å²) in [5, 5.41) is 2.70. The van der Waals surface area contributed by atoms with Gasteiger partial charge < -0.3 is 19.1 Å². The summed E-state index contributed by atoms with van der Waals surface area (Å²) in [6, 6.07) is 11.0. The highest BCUT2D eigenvalue weighted by molar-refractivity contribution is 5.91. The fourth-order valence-corrected chi connectivity index (χ4v) is 3.38. The van der Waals surface area contributed by atoms with E-state index in [1.54, 1.807) is 12.1 Å². The molecule has 140 valence electrons. The molecule has 7 heteroatoms. The van der Waals surface area contributed by atoms with Gasteiger partial charge in [-0.15, -0.1) is 0 Å². The molecule has 1 aliphatic rings. The minimum atomic E-state index is -0.303. The topological polar surface area (TPSA) is 88.6 Å². The van der Waals surface area contributed by atoms with E-state index in [1.165, 1.54) is 6.26 Å². The van der Waals surface area contributed by atoms with Gasteiger partial charge in [-0.2, -0.15) is 0 Å². The number of nitrogens with zero attached hydrogens (tertiary/aromatic N) is 2. The normalized spacial score (nSPS) is 15.2. The molecule has 4 rings (SSSR count). The lowest BCUT2D eigenvalue weighted by atomic mass is 9.96. The summed E-state index contributed by atoms with van der Waals surface area (Å²) in [4.78, 5) is 30.6. The fourth-order valence-electron chi connectivity index (χ4n) is 3.38. The van der Waals surface area contributed by atoms with Gasteiger partial charge in [0.05, 0.1) is 6.26 Å². The molecule has 3 aromatic rings. The van der Waals surface area contributed by atoms with E-state index >= 15 is 0 Å². The Morgan fingerprint density at radius 1 is 1.15 bits per heavy atom. The van der Waals surface area contributed by atoms with Crippen LogP contribution >= 0.6 is 0 Å². The molecule has 0 radical (unpaired) electrons. The van der Waals surface area contributed by atoms with Crippen molar-refractivity contribution in [1.29, 1.82) is 0 Å². The average molecular weight is 367 g/mol. The highest BCUT2D eigenvalue weighted by Gasteiger charge is 2.26. The van der Waals surface area contributed by atoms with Crippen LogP contribution in [0.3, 0.4) is 0 Å². The molecule has 27 heavy (non-hydrogen) atoms. The lowest BCUT2D eigenvalue weighted by Crippen LogP contribution is -2.39. The first-order valence-corrected chi connectivity index (χ1v) is 9.15.